The van der Waals surface area contributed by atoms with E-state index in [4.69, 9.17) is 0 Å². The molecule has 86 valence electrons. The second-order valence-electron chi connectivity index (χ2n) is 3.90. The number of anilines is 1. The third kappa shape index (κ3) is 2.66. The molecule has 0 amide bonds. The SMILES string of the molecule is C=C(C)/C(C)=C(/NC)N(C)c1ccccc1. The monoisotopic (exact) mass is 216 g/mol. The highest BCUT2D eigenvalue weighted by Crippen LogP contribution is 2.19. The summed E-state index contributed by atoms with van der Waals surface area (Å²) in [7, 11) is 3.98. The normalized spacial score (nSPS) is 11.8. The topological polar surface area (TPSA) is 15.3 Å². The Bertz CT molecular complexity index is 390. The molecule has 0 unspecified atom stereocenters. The summed E-state index contributed by atoms with van der Waals surface area (Å²) in [5, 5.41) is 3.23. The van der Waals surface area contributed by atoms with E-state index in [1.165, 1.54) is 5.57 Å². The quantitative estimate of drug-likeness (QED) is 0.778. The molecule has 0 aliphatic rings. The Balaban J connectivity index is 3.08. The van der Waals surface area contributed by atoms with Gasteiger partial charge in [0, 0.05) is 19.8 Å². The Morgan fingerprint density at radius 2 is 1.75 bits per heavy atom. The molecular weight excluding hydrogens is 196 g/mol. The van der Waals surface area contributed by atoms with Gasteiger partial charge in [0.15, 0.2) is 0 Å². The van der Waals surface area contributed by atoms with Crippen molar-refractivity contribution in [3.05, 3.63) is 53.9 Å². The Morgan fingerprint density at radius 1 is 1.19 bits per heavy atom. The van der Waals surface area contributed by atoms with E-state index < -0.39 is 0 Å². The minimum atomic E-state index is 1.08. The molecule has 2 nitrogen and oxygen atoms in total. The molecule has 0 bridgehead atoms. The molecule has 0 saturated carbocycles. The van der Waals surface area contributed by atoms with Gasteiger partial charge in [0.05, 0.1) is 0 Å². The molecule has 16 heavy (non-hydrogen) atoms. The van der Waals surface area contributed by atoms with Crippen molar-refractivity contribution in [1.82, 2.24) is 5.32 Å². The first kappa shape index (κ1) is 12.4. The van der Waals surface area contributed by atoms with Gasteiger partial charge in [-0.1, -0.05) is 30.4 Å². The lowest BCUT2D eigenvalue weighted by Gasteiger charge is -2.25. The lowest BCUT2D eigenvalue weighted by molar-refractivity contribution is 0.879. The van der Waals surface area contributed by atoms with Gasteiger partial charge in [0.2, 0.25) is 0 Å². The van der Waals surface area contributed by atoms with Crippen LogP contribution in [0.1, 0.15) is 13.8 Å². The van der Waals surface area contributed by atoms with E-state index in [1.54, 1.807) is 0 Å². The Labute approximate surface area is 98.3 Å². The fourth-order valence-electron chi connectivity index (χ4n) is 1.59. The number of nitrogens with one attached hydrogen (secondary N) is 1. The average Bonchev–Trinajstić information content (AvgIpc) is 2.30. The molecular formula is C14H20N2. The minimum Gasteiger partial charge on any atom is -0.374 e. The summed E-state index contributed by atoms with van der Waals surface area (Å²) in [6, 6.07) is 10.3. The van der Waals surface area contributed by atoms with E-state index in [1.807, 2.05) is 39.2 Å². The standard InChI is InChI=1S/C14H20N2/c1-11(2)12(3)14(15-4)16(5)13-9-7-6-8-10-13/h6-10,15H,1H2,2-5H3/b14-12-. The Morgan fingerprint density at radius 3 is 2.19 bits per heavy atom. The molecule has 1 N–H and O–H groups in total. The van der Waals surface area contributed by atoms with Crippen LogP contribution in [0.4, 0.5) is 5.69 Å². The van der Waals surface area contributed by atoms with E-state index in [-0.39, 0.29) is 0 Å². The number of allylic oxidation sites excluding steroid dienone is 2. The molecule has 0 fully saturated rings. The van der Waals surface area contributed by atoms with Gasteiger partial charge in [-0.3, -0.25) is 0 Å². The van der Waals surface area contributed by atoms with Crippen molar-refractivity contribution in [2.24, 2.45) is 0 Å². The summed E-state index contributed by atoms with van der Waals surface area (Å²) in [4.78, 5) is 2.13. The maximum absolute atomic E-state index is 3.98. The Hall–Kier alpha value is -1.70. The summed E-state index contributed by atoms with van der Waals surface area (Å²) in [6.45, 7) is 8.07. The molecule has 0 radical (unpaired) electrons. The van der Waals surface area contributed by atoms with Crippen molar-refractivity contribution in [2.75, 3.05) is 19.0 Å². The van der Waals surface area contributed by atoms with E-state index >= 15 is 0 Å². The van der Waals surface area contributed by atoms with Gasteiger partial charge in [-0.15, -0.1) is 0 Å². The summed E-state index contributed by atoms with van der Waals surface area (Å²) in [5.74, 6) is 1.08. The van der Waals surface area contributed by atoms with Crippen LogP contribution in [-0.2, 0) is 0 Å². The van der Waals surface area contributed by atoms with Gasteiger partial charge in [-0.05, 0) is 31.6 Å². The molecule has 0 saturated heterocycles. The van der Waals surface area contributed by atoms with E-state index in [0.29, 0.717) is 0 Å². The van der Waals surface area contributed by atoms with Crippen molar-refractivity contribution in [1.29, 1.82) is 0 Å². The predicted octanol–water partition coefficient (Wildman–Crippen LogP) is 3.15. The van der Waals surface area contributed by atoms with Crippen molar-refractivity contribution in [3.63, 3.8) is 0 Å². The average molecular weight is 216 g/mol. The number of hydrogen-bond donors (Lipinski definition) is 1. The molecule has 1 aromatic rings. The molecule has 1 rings (SSSR count). The summed E-state index contributed by atoms with van der Waals surface area (Å²) in [6.07, 6.45) is 0. The summed E-state index contributed by atoms with van der Waals surface area (Å²) < 4.78 is 0. The van der Waals surface area contributed by atoms with Crippen molar-refractivity contribution < 1.29 is 0 Å². The molecule has 2 heteroatoms. The van der Waals surface area contributed by atoms with Crippen LogP contribution >= 0.6 is 0 Å². The van der Waals surface area contributed by atoms with Crippen LogP contribution in [0.5, 0.6) is 0 Å². The lowest BCUT2D eigenvalue weighted by atomic mass is 10.1. The number of benzene rings is 1. The molecule has 0 aromatic heterocycles. The summed E-state index contributed by atoms with van der Waals surface area (Å²) in [5.41, 5.74) is 3.41. The first-order chi connectivity index (χ1) is 7.57. The van der Waals surface area contributed by atoms with Crippen LogP contribution < -0.4 is 10.2 Å². The highest BCUT2D eigenvalue weighted by Gasteiger charge is 2.08. The fourth-order valence-corrected chi connectivity index (χ4v) is 1.59. The smallest absolute Gasteiger partial charge is 0.108 e. The van der Waals surface area contributed by atoms with Gasteiger partial charge in [0.1, 0.15) is 5.82 Å². The maximum atomic E-state index is 3.98. The van der Waals surface area contributed by atoms with Crippen LogP contribution in [0, 0.1) is 0 Å². The third-order valence-electron chi connectivity index (χ3n) is 2.71. The first-order valence-corrected chi connectivity index (χ1v) is 5.41. The van der Waals surface area contributed by atoms with Gasteiger partial charge in [-0.25, -0.2) is 0 Å². The number of para-hydroxylation sites is 1. The van der Waals surface area contributed by atoms with Gasteiger partial charge in [-0.2, -0.15) is 0 Å². The minimum absolute atomic E-state index is 1.08. The number of hydrogen-bond acceptors (Lipinski definition) is 2. The third-order valence-corrected chi connectivity index (χ3v) is 2.71. The zero-order valence-electron chi connectivity index (χ0n) is 10.5. The zero-order valence-corrected chi connectivity index (χ0v) is 10.5. The van der Waals surface area contributed by atoms with Crippen LogP contribution in [0.15, 0.2) is 53.9 Å². The second-order valence-corrected chi connectivity index (χ2v) is 3.90. The van der Waals surface area contributed by atoms with Crippen molar-refractivity contribution >= 4 is 5.69 Å². The van der Waals surface area contributed by atoms with Crippen molar-refractivity contribution in [2.45, 2.75) is 13.8 Å². The number of rotatable bonds is 4. The van der Waals surface area contributed by atoms with Crippen LogP contribution in [0.2, 0.25) is 0 Å². The summed E-state index contributed by atoms with van der Waals surface area (Å²) >= 11 is 0. The largest absolute Gasteiger partial charge is 0.374 e. The molecule has 0 spiro atoms. The predicted molar refractivity (Wildman–Crippen MR) is 71.4 cm³/mol. The highest BCUT2D eigenvalue weighted by molar-refractivity contribution is 5.52. The van der Waals surface area contributed by atoms with E-state index in [9.17, 15) is 0 Å². The lowest BCUT2D eigenvalue weighted by Crippen LogP contribution is -2.27. The molecule has 0 atom stereocenters. The van der Waals surface area contributed by atoms with Crippen LogP contribution in [-0.4, -0.2) is 14.1 Å². The van der Waals surface area contributed by atoms with Crippen LogP contribution in [0.3, 0.4) is 0 Å². The maximum Gasteiger partial charge on any atom is 0.108 e. The Kier molecular flexibility index (Phi) is 4.18. The molecule has 0 aliphatic heterocycles. The van der Waals surface area contributed by atoms with Gasteiger partial charge >= 0.3 is 0 Å². The van der Waals surface area contributed by atoms with Crippen LogP contribution in [0.25, 0.3) is 0 Å². The van der Waals surface area contributed by atoms with E-state index in [2.05, 4.69) is 35.9 Å². The highest BCUT2D eigenvalue weighted by atomic mass is 15.2. The zero-order chi connectivity index (χ0) is 12.1. The molecule has 0 aliphatic carbocycles. The second kappa shape index (κ2) is 5.40. The van der Waals surface area contributed by atoms with Gasteiger partial charge < -0.3 is 10.2 Å². The molecule has 1 aromatic carbocycles. The molecule has 0 heterocycles. The van der Waals surface area contributed by atoms with Gasteiger partial charge in [0.25, 0.3) is 0 Å². The number of nitrogens with zero attached hydrogens (tertiary/aromatic N) is 1. The first-order valence-electron chi connectivity index (χ1n) is 5.41. The fraction of sp³-hybridized carbons (Fsp3) is 0.286. The van der Waals surface area contributed by atoms with E-state index in [0.717, 1.165) is 17.1 Å². The van der Waals surface area contributed by atoms with Crippen molar-refractivity contribution in [3.8, 4) is 0 Å².